The fourth-order valence-electron chi connectivity index (χ4n) is 2.12. The summed E-state index contributed by atoms with van der Waals surface area (Å²) in [6.45, 7) is 4.61. The van der Waals surface area contributed by atoms with E-state index in [1.807, 2.05) is 11.7 Å². The molecule has 2 N–H and O–H groups in total. The number of nitrogens with one attached hydrogen (secondary N) is 2. The molecule has 1 aromatic heterocycles. The zero-order valence-electron chi connectivity index (χ0n) is 11.2. The maximum Gasteiger partial charge on any atom is 0.254 e. The van der Waals surface area contributed by atoms with Crippen molar-refractivity contribution >= 4 is 5.91 Å². The van der Waals surface area contributed by atoms with Gasteiger partial charge in [0.1, 0.15) is 0 Å². The van der Waals surface area contributed by atoms with E-state index in [0.717, 1.165) is 30.8 Å². The molecular formula is C13H22N4O. The first kappa shape index (κ1) is 13.1. The van der Waals surface area contributed by atoms with Crippen LogP contribution in [-0.4, -0.2) is 35.3 Å². The monoisotopic (exact) mass is 250 g/mol. The smallest absolute Gasteiger partial charge is 0.254 e. The Bertz CT molecular complexity index is 409. The van der Waals surface area contributed by atoms with E-state index in [1.165, 1.54) is 12.8 Å². The fourth-order valence-corrected chi connectivity index (χ4v) is 2.12. The summed E-state index contributed by atoms with van der Waals surface area (Å²) >= 11 is 0. The highest BCUT2D eigenvalue weighted by atomic mass is 16.1. The van der Waals surface area contributed by atoms with E-state index in [-0.39, 0.29) is 5.91 Å². The minimum absolute atomic E-state index is 0.00305. The van der Waals surface area contributed by atoms with E-state index in [1.54, 1.807) is 6.20 Å². The van der Waals surface area contributed by atoms with Gasteiger partial charge in [-0.2, -0.15) is 5.10 Å². The Hall–Kier alpha value is -1.36. The normalized spacial score (nSPS) is 14.8. The number of hydrogen-bond acceptors (Lipinski definition) is 3. The van der Waals surface area contributed by atoms with Crippen LogP contribution in [0.3, 0.4) is 0 Å². The Morgan fingerprint density at radius 3 is 2.89 bits per heavy atom. The van der Waals surface area contributed by atoms with Gasteiger partial charge in [-0.3, -0.25) is 9.48 Å². The van der Waals surface area contributed by atoms with E-state index in [9.17, 15) is 4.79 Å². The van der Waals surface area contributed by atoms with Gasteiger partial charge < -0.3 is 10.6 Å². The zero-order chi connectivity index (χ0) is 13.0. The summed E-state index contributed by atoms with van der Waals surface area (Å²) in [4.78, 5) is 12.1. The van der Waals surface area contributed by atoms with Gasteiger partial charge in [0.15, 0.2) is 0 Å². The highest BCUT2D eigenvalue weighted by molar-refractivity contribution is 5.95. The van der Waals surface area contributed by atoms with Crippen LogP contribution in [0.15, 0.2) is 6.20 Å². The van der Waals surface area contributed by atoms with Crippen LogP contribution >= 0.6 is 0 Å². The van der Waals surface area contributed by atoms with Gasteiger partial charge in [0.25, 0.3) is 5.91 Å². The molecule has 1 aromatic rings. The predicted octanol–water partition coefficient (Wildman–Crippen LogP) is 1.03. The lowest BCUT2D eigenvalue weighted by Gasteiger charge is -2.07. The van der Waals surface area contributed by atoms with Crippen LogP contribution in [0.4, 0.5) is 0 Å². The van der Waals surface area contributed by atoms with Gasteiger partial charge in [-0.1, -0.05) is 6.92 Å². The molecule has 1 fully saturated rings. The van der Waals surface area contributed by atoms with Crippen LogP contribution in [0, 0.1) is 0 Å². The van der Waals surface area contributed by atoms with E-state index in [4.69, 9.17) is 0 Å². The predicted molar refractivity (Wildman–Crippen MR) is 70.7 cm³/mol. The minimum atomic E-state index is 0.00305. The van der Waals surface area contributed by atoms with Crippen LogP contribution in [-0.2, 0) is 7.05 Å². The van der Waals surface area contributed by atoms with Crippen molar-refractivity contribution in [1.29, 1.82) is 0 Å². The molecule has 0 atom stereocenters. The standard InChI is InChI=1S/C13H22N4O/c1-3-6-14-7-8-15-13(18)11-9-16-17(2)12(11)10-4-5-10/h9-10,14H,3-8H2,1-2H3,(H,15,18). The number of carbonyl (C=O) groups excluding carboxylic acids is 1. The van der Waals surface area contributed by atoms with Crippen molar-refractivity contribution < 1.29 is 4.79 Å². The highest BCUT2D eigenvalue weighted by Gasteiger charge is 2.31. The van der Waals surface area contributed by atoms with E-state index in [2.05, 4.69) is 22.7 Å². The number of amides is 1. The molecule has 0 spiro atoms. The van der Waals surface area contributed by atoms with Crippen LogP contribution in [0.1, 0.15) is 48.2 Å². The number of aromatic nitrogens is 2. The Morgan fingerprint density at radius 2 is 2.22 bits per heavy atom. The van der Waals surface area contributed by atoms with Gasteiger partial charge in [-0.25, -0.2) is 0 Å². The van der Waals surface area contributed by atoms with Gasteiger partial charge in [0.2, 0.25) is 0 Å². The fraction of sp³-hybridized carbons (Fsp3) is 0.692. The second-order valence-corrected chi connectivity index (χ2v) is 4.85. The van der Waals surface area contributed by atoms with Crippen molar-refractivity contribution in [2.45, 2.75) is 32.1 Å². The number of rotatable bonds is 7. The molecule has 100 valence electrons. The molecule has 1 amide bonds. The summed E-state index contributed by atoms with van der Waals surface area (Å²) in [7, 11) is 1.91. The average molecular weight is 250 g/mol. The Morgan fingerprint density at radius 1 is 1.44 bits per heavy atom. The van der Waals surface area contributed by atoms with Crippen molar-refractivity contribution in [2.75, 3.05) is 19.6 Å². The summed E-state index contributed by atoms with van der Waals surface area (Å²) in [5.74, 6) is 0.541. The molecule has 5 nitrogen and oxygen atoms in total. The highest BCUT2D eigenvalue weighted by Crippen LogP contribution is 2.41. The molecule has 0 radical (unpaired) electrons. The Balaban J connectivity index is 1.85. The maximum absolute atomic E-state index is 12.1. The SMILES string of the molecule is CCCNCCNC(=O)c1cnn(C)c1C1CC1. The van der Waals surface area contributed by atoms with Crippen LogP contribution in [0.25, 0.3) is 0 Å². The van der Waals surface area contributed by atoms with Gasteiger partial charge in [0.05, 0.1) is 17.5 Å². The van der Waals surface area contributed by atoms with Gasteiger partial charge in [-0.05, 0) is 25.8 Å². The Kier molecular flexibility index (Phi) is 4.36. The molecule has 1 heterocycles. The molecule has 1 saturated carbocycles. The van der Waals surface area contributed by atoms with E-state index in [0.29, 0.717) is 12.5 Å². The third-order valence-corrected chi connectivity index (χ3v) is 3.21. The van der Waals surface area contributed by atoms with Gasteiger partial charge in [-0.15, -0.1) is 0 Å². The minimum Gasteiger partial charge on any atom is -0.351 e. The first-order chi connectivity index (χ1) is 8.74. The molecule has 1 aliphatic rings. The quantitative estimate of drug-likeness (QED) is 0.711. The first-order valence-electron chi connectivity index (χ1n) is 6.74. The lowest BCUT2D eigenvalue weighted by molar-refractivity contribution is 0.0953. The second kappa shape index (κ2) is 6.00. The van der Waals surface area contributed by atoms with Crippen molar-refractivity contribution in [1.82, 2.24) is 20.4 Å². The average Bonchev–Trinajstić information content (AvgIpc) is 3.12. The summed E-state index contributed by atoms with van der Waals surface area (Å²) in [6, 6.07) is 0. The van der Waals surface area contributed by atoms with Crippen LogP contribution in [0.2, 0.25) is 0 Å². The lowest BCUT2D eigenvalue weighted by atomic mass is 10.1. The molecule has 0 bridgehead atoms. The molecule has 1 aliphatic carbocycles. The molecule has 0 saturated heterocycles. The van der Waals surface area contributed by atoms with E-state index >= 15 is 0 Å². The molecule has 0 aromatic carbocycles. The van der Waals surface area contributed by atoms with Gasteiger partial charge in [0, 0.05) is 26.1 Å². The second-order valence-electron chi connectivity index (χ2n) is 4.85. The van der Waals surface area contributed by atoms with Crippen molar-refractivity contribution in [3.05, 3.63) is 17.5 Å². The maximum atomic E-state index is 12.1. The first-order valence-corrected chi connectivity index (χ1v) is 6.74. The largest absolute Gasteiger partial charge is 0.351 e. The summed E-state index contributed by atoms with van der Waals surface area (Å²) in [6.07, 6.45) is 5.15. The number of hydrogen-bond donors (Lipinski definition) is 2. The molecule has 2 rings (SSSR count). The number of aryl methyl sites for hydroxylation is 1. The number of nitrogens with zero attached hydrogens (tertiary/aromatic N) is 2. The third kappa shape index (κ3) is 3.10. The summed E-state index contributed by atoms with van der Waals surface area (Å²) < 4.78 is 1.84. The van der Waals surface area contributed by atoms with Crippen molar-refractivity contribution in [3.8, 4) is 0 Å². The Labute approximate surface area is 108 Å². The topological polar surface area (TPSA) is 58.9 Å². The van der Waals surface area contributed by atoms with Crippen LogP contribution < -0.4 is 10.6 Å². The van der Waals surface area contributed by atoms with Crippen molar-refractivity contribution in [2.24, 2.45) is 7.05 Å². The molecular weight excluding hydrogens is 228 g/mol. The molecule has 5 heteroatoms. The van der Waals surface area contributed by atoms with E-state index < -0.39 is 0 Å². The van der Waals surface area contributed by atoms with Gasteiger partial charge >= 0.3 is 0 Å². The lowest BCUT2D eigenvalue weighted by Crippen LogP contribution is -2.32. The van der Waals surface area contributed by atoms with Crippen molar-refractivity contribution in [3.63, 3.8) is 0 Å². The summed E-state index contributed by atoms with van der Waals surface area (Å²) in [5, 5.41) is 10.4. The molecule has 0 aliphatic heterocycles. The molecule has 18 heavy (non-hydrogen) atoms. The van der Waals surface area contributed by atoms with Crippen LogP contribution in [0.5, 0.6) is 0 Å². The molecule has 0 unspecified atom stereocenters. The number of carbonyl (C=O) groups is 1. The zero-order valence-corrected chi connectivity index (χ0v) is 11.2. The summed E-state index contributed by atoms with van der Waals surface area (Å²) in [5.41, 5.74) is 1.84. The third-order valence-electron chi connectivity index (χ3n) is 3.21.